The molecule has 0 aliphatic heterocycles. The summed E-state index contributed by atoms with van der Waals surface area (Å²) in [5.41, 5.74) is 6.37. The van der Waals surface area contributed by atoms with Gasteiger partial charge in [0.2, 0.25) is 0 Å². The number of aryl methyl sites for hydroxylation is 3. The maximum atomic E-state index is 6.17. The maximum Gasteiger partial charge on any atom is 0.0579 e. The summed E-state index contributed by atoms with van der Waals surface area (Å²) in [5, 5.41) is 4.50. The lowest BCUT2D eigenvalue weighted by Crippen LogP contribution is -2.24. The summed E-state index contributed by atoms with van der Waals surface area (Å²) in [7, 11) is 0. The molecule has 0 aromatic heterocycles. The van der Waals surface area contributed by atoms with Gasteiger partial charge >= 0.3 is 0 Å². The summed E-state index contributed by atoms with van der Waals surface area (Å²) >= 11 is 6.17. The largest absolute Gasteiger partial charge is 0.306 e. The van der Waals surface area contributed by atoms with E-state index in [1.165, 1.54) is 22.3 Å². The first-order valence-electron chi connectivity index (χ1n) is 7.59. The molecule has 112 valence electrons. The van der Waals surface area contributed by atoms with Crippen LogP contribution in [0.15, 0.2) is 36.4 Å². The number of rotatable bonds is 5. The van der Waals surface area contributed by atoms with Crippen molar-refractivity contribution in [1.29, 1.82) is 0 Å². The number of hydrogen-bond acceptors (Lipinski definition) is 1. The summed E-state index contributed by atoms with van der Waals surface area (Å²) in [6.45, 7) is 9.58. The monoisotopic (exact) mass is 301 g/mol. The number of halogens is 1. The zero-order valence-electron chi connectivity index (χ0n) is 13.3. The van der Waals surface area contributed by atoms with E-state index in [4.69, 9.17) is 11.6 Å². The van der Waals surface area contributed by atoms with Gasteiger partial charge in [0, 0.05) is 5.02 Å². The number of hydrogen-bond donors (Lipinski definition) is 1. The Morgan fingerprint density at radius 1 is 1.00 bits per heavy atom. The Morgan fingerprint density at radius 3 is 2.43 bits per heavy atom. The van der Waals surface area contributed by atoms with E-state index in [1.54, 1.807) is 0 Å². The molecule has 0 radical (unpaired) electrons. The molecule has 1 atom stereocenters. The first kappa shape index (κ1) is 16.1. The fourth-order valence-corrected chi connectivity index (χ4v) is 2.73. The summed E-state index contributed by atoms with van der Waals surface area (Å²) < 4.78 is 0. The van der Waals surface area contributed by atoms with Crippen molar-refractivity contribution in [1.82, 2.24) is 5.32 Å². The van der Waals surface area contributed by atoms with E-state index < -0.39 is 0 Å². The molecule has 0 aliphatic carbocycles. The van der Waals surface area contributed by atoms with Gasteiger partial charge in [0.25, 0.3) is 0 Å². The van der Waals surface area contributed by atoms with E-state index in [9.17, 15) is 0 Å². The molecule has 0 spiro atoms. The molecule has 2 rings (SSSR count). The first-order chi connectivity index (χ1) is 10.0. The third-order valence-electron chi connectivity index (χ3n) is 3.86. The lowest BCUT2D eigenvalue weighted by Gasteiger charge is -2.22. The van der Waals surface area contributed by atoms with Crippen molar-refractivity contribution in [3.63, 3.8) is 0 Å². The van der Waals surface area contributed by atoms with Crippen LogP contribution >= 0.6 is 11.6 Å². The summed E-state index contributed by atoms with van der Waals surface area (Å²) in [4.78, 5) is 0. The minimum absolute atomic E-state index is 0.223. The molecular weight excluding hydrogens is 278 g/mol. The van der Waals surface area contributed by atoms with Crippen LogP contribution in [0.4, 0.5) is 0 Å². The van der Waals surface area contributed by atoms with Crippen LogP contribution in [0, 0.1) is 20.8 Å². The molecule has 2 heteroatoms. The second-order valence-corrected chi connectivity index (χ2v) is 6.16. The number of benzene rings is 2. The predicted molar refractivity (Wildman–Crippen MR) is 92.2 cm³/mol. The van der Waals surface area contributed by atoms with Gasteiger partial charge in [-0.3, -0.25) is 0 Å². The van der Waals surface area contributed by atoms with Crippen molar-refractivity contribution >= 4 is 11.6 Å². The van der Waals surface area contributed by atoms with E-state index in [-0.39, 0.29) is 6.04 Å². The van der Waals surface area contributed by atoms with Crippen LogP contribution in [0.3, 0.4) is 0 Å². The van der Waals surface area contributed by atoms with Crippen molar-refractivity contribution in [3.05, 3.63) is 69.2 Å². The second-order valence-electron chi connectivity index (χ2n) is 5.76. The topological polar surface area (TPSA) is 12.0 Å². The molecule has 0 fully saturated rings. The molecule has 1 N–H and O–H groups in total. The Morgan fingerprint density at radius 2 is 1.76 bits per heavy atom. The Bertz CT molecular complexity index is 619. The van der Waals surface area contributed by atoms with Gasteiger partial charge in [0.15, 0.2) is 0 Å². The van der Waals surface area contributed by atoms with Gasteiger partial charge in [-0.25, -0.2) is 0 Å². The van der Waals surface area contributed by atoms with Crippen molar-refractivity contribution in [3.8, 4) is 0 Å². The molecule has 1 unspecified atom stereocenters. The van der Waals surface area contributed by atoms with Gasteiger partial charge in [0.1, 0.15) is 0 Å². The van der Waals surface area contributed by atoms with Gasteiger partial charge < -0.3 is 5.32 Å². The third-order valence-corrected chi connectivity index (χ3v) is 4.28. The molecule has 0 bridgehead atoms. The fraction of sp³-hybridized carbons (Fsp3) is 0.368. The summed E-state index contributed by atoms with van der Waals surface area (Å²) in [6.07, 6.45) is 1.12. The number of nitrogens with one attached hydrogen (secondary N) is 1. The summed E-state index contributed by atoms with van der Waals surface area (Å²) in [6, 6.07) is 13.2. The highest BCUT2D eigenvalue weighted by atomic mass is 35.5. The lowest BCUT2D eigenvalue weighted by molar-refractivity contribution is 0.596. The molecular formula is C19H24ClN. The highest BCUT2D eigenvalue weighted by Gasteiger charge is 2.16. The van der Waals surface area contributed by atoms with Gasteiger partial charge in [0.05, 0.1) is 6.04 Å². The summed E-state index contributed by atoms with van der Waals surface area (Å²) in [5.74, 6) is 0. The SMILES string of the molecule is CCCNC(c1ccc(Cl)c(C)c1)c1cc(C)ccc1C. The third kappa shape index (κ3) is 3.87. The van der Waals surface area contributed by atoms with Crippen LogP contribution in [0.25, 0.3) is 0 Å². The van der Waals surface area contributed by atoms with Crippen LogP contribution in [0.2, 0.25) is 5.02 Å². The lowest BCUT2D eigenvalue weighted by atomic mass is 9.92. The fourth-order valence-electron chi connectivity index (χ4n) is 2.61. The molecule has 2 aromatic carbocycles. The molecule has 2 aromatic rings. The van der Waals surface area contributed by atoms with Crippen LogP contribution in [-0.2, 0) is 0 Å². The molecule has 0 saturated carbocycles. The standard InChI is InChI=1S/C19H24ClN/c1-5-10-21-19(16-8-9-18(20)15(4)12-16)17-11-13(2)6-7-14(17)3/h6-9,11-12,19,21H,5,10H2,1-4H3. The minimum atomic E-state index is 0.223. The predicted octanol–water partition coefficient (Wildman–Crippen LogP) is 5.35. The molecule has 0 amide bonds. The average molecular weight is 302 g/mol. The van der Waals surface area contributed by atoms with Gasteiger partial charge in [-0.1, -0.05) is 54.4 Å². The second kappa shape index (κ2) is 7.11. The van der Waals surface area contributed by atoms with Crippen LogP contribution in [0.1, 0.15) is 47.2 Å². The Hall–Kier alpha value is -1.31. The Kier molecular flexibility index (Phi) is 5.44. The van der Waals surface area contributed by atoms with Crippen LogP contribution in [-0.4, -0.2) is 6.54 Å². The van der Waals surface area contributed by atoms with Gasteiger partial charge in [-0.15, -0.1) is 0 Å². The van der Waals surface area contributed by atoms with E-state index in [0.717, 1.165) is 23.6 Å². The van der Waals surface area contributed by atoms with Crippen molar-refractivity contribution in [2.75, 3.05) is 6.54 Å². The minimum Gasteiger partial charge on any atom is -0.306 e. The van der Waals surface area contributed by atoms with Crippen LogP contribution in [0.5, 0.6) is 0 Å². The van der Waals surface area contributed by atoms with Crippen molar-refractivity contribution < 1.29 is 0 Å². The normalized spacial score (nSPS) is 12.4. The quantitative estimate of drug-likeness (QED) is 0.784. The van der Waals surface area contributed by atoms with Gasteiger partial charge in [-0.2, -0.15) is 0 Å². The first-order valence-corrected chi connectivity index (χ1v) is 7.97. The van der Waals surface area contributed by atoms with E-state index >= 15 is 0 Å². The van der Waals surface area contributed by atoms with Gasteiger partial charge in [-0.05, 0) is 62.1 Å². The molecule has 21 heavy (non-hydrogen) atoms. The highest BCUT2D eigenvalue weighted by Crippen LogP contribution is 2.28. The van der Waals surface area contributed by atoms with Crippen LogP contribution < -0.4 is 5.32 Å². The van der Waals surface area contributed by atoms with Crippen molar-refractivity contribution in [2.24, 2.45) is 0 Å². The van der Waals surface area contributed by atoms with E-state index in [2.05, 4.69) is 63.3 Å². The molecule has 0 aliphatic rings. The maximum absolute atomic E-state index is 6.17. The van der Waals surface area contributed by atoms with E-state index in [1.807, 2.05) is 6.07 Å². The molecule has 1 nitrogen and oxygen atoms in total. The zero-order chi connectivity index (χ0) is 15.4. The zero-order valence-corrected chi connectivity index (χ0v) is 14.1. The highest BCUT2D eigenvalue weighted by molar-refractivity contribution is 6.31. The molecule has 0 heterocycles. The average Bonchev–Trinajstić information content (AvgIpc) is 2.46. The molecule has 0 saturated heterocycles. The smallest absolute Gasteiger partial charge is 0.0579 e. The Balaban J connectivity index is 2.46. The Labute approximate surface area is 133 Å². The van der Waals surface area contributed by atoms with Crippen molar-refractivity contribution in [2.45, 2.75) is 40.2 Å². The van der Waals surface area contributed by atoms with E-state index in [0.29, 0.717) is 0 Å².